The minimum absolute atomic E-state index is 0.101. The Labute approximate surface area is 213 Å². The number of carbonyl (C=O) groups is 3. The highest BCUT2D eigenvalue weighted by Gasteiger charge is 2.52. The van der Waals surface area contributed by atoms with Crippen LogP contribution in [-0.4, -0.2) is 40.0 Å². The van der Waals surface area contributed by atoms with Crippen molar-refractivity contribution in [3.05, 3.63) is 88.1 Å². The second-order valence-corrected chi connectivity index (χ2v) is 9.31. The Balaban J connectivity index is 1.95. The number of aliphatic carboxylic acids is 1. The second-order valence-electron chi connectivity index (χ2n) is 9.31. The second kappa shape index (κ2) is 9.96. The van der Waals surface area contributed by atoms with Gasteiger partial charge in [-0.2, -0.15) is 0 Å². The standard InChI is InChI=1S/C27H28N2O8/c1-16-17(2)29(34)24(28(16)14-18-10-6-5-7-11-18)22(23-25(32)36-27(3,4)37-26(23)33)19-12-8-9-13-20(19)35-15-21(30)31/h5-13,22-23H,14-15H2,1-4H3,(H,30,31)/t22-/m0/s1. The van der Waals surface area contributed by atoms with Crippen molar-refractivity contribution in [2.45, 2.75) is 45.9 Å². The fourth-order valence-corrected chi connectivity index (χ4v) is 4.53. The highest BCUT2D eigenvalue weighted by Crippen LogP contribution is 2.41. The van der Waals surface area contributed by atoms with Gasteiger partial charge in [-0.25, -0.2) is 14.1 Å². The lowest BCUT2D eigenvalue weighted by atomic mass is 9.83. The van der Waals surface area contributed by atoms with Gasteiger partial charge >= 0.3 is 17.9 Å². The molecule has 2 aromatic carbocycles. The molecule has 0 spiro atoms. The molecule has 1 saturated heterocycles. The van der Waals surface area contributed by atoms with E-state index < -0.39 is 42.1 Å². The minimum Gasteiger partial charge on any atom is -0.711 e. The summed E-state index contributed by atoms with van der Waals surface area (Å²) in [5.41, 5.74) is 2.20. The van der Waals surface area contributed by atoms with Crippen LogP contribution < -0.4 is 9.47 Å². The largest absolute Gasteiger partial charge is 0.711 e. The van der Waals surface area contributed by atoms with E-state index in [1.54, 1.807) is 36.6 Å². The summed E-state index contributed by atoms with van der Waals surface area (Å²) in [6.45, 7) is 5.95. The lowest BCUT2D eigenvalue weighted by Gasteiger charge is -2.35. The average Bonchev–Trinajstić information content (AvgIpc) is 3.04. The van der Waals surface area contributed by atoms with E-state index in [1.807, 2.05) is 30.3 Å². The van der Waals surface area contributed by atoms with Crippen LogP contribution in [0.25, 0.3) is 0 Å². The maximum Gasteiger partial charge on any atom is 0.341 e. The van der Waals surface area contributed by atoms with E-state index in [4.69, 9.17) is 14.2 Å². The Kier molecular flexibility index (Phi) is 6.93. The zero-order valence-corrected chi connectivity index (χ0v) is 21.0. The van der Waals surface area contributed by atoms with Gasteiger partial charge in [0.05, 0.1) is 0 Å². The number of hydrogen-bond acceptors (Lipinski definition) is 7. The zero-order chi connectivity index (χ0) is 26.9. The summed E-state index contributed by atoms with van der Waals surface area (Å²) in [4.78, 5) is 37.8. The van der Waals surface area contributed by atoms with Gasteiger partial charge in [-0.3, -0.25) is 9.59 Å². The molecule has 1 aliphatic rings. The third-order valence-electron chi connectivity index (χ3n) is 6.32. The molecule has 3 aromatic rings. The molecule has 1 N–H and O–H groups in total. The van der Waals surface area contributed by atoms with Crippen LogP contribution in [0.4, 0.5) is 0 Å². The topological polar surface area (TPSA) is 131 Å². The fourth-order valence-electron chi connectivity index (χ4n) is 4.53. The number of carboxylic acids is 1. The molecule has 0 unspecified atom stereocenters. The molecule has 10 nitrogen and oxygen atoms in total. The van der Waals surface area contributed by atoms with E-state index in [0.29, 0.717) is 16.1 Å². The molecule has 1 atom stereocenters. The molecule has 194 valence electrons. The maximum absolute atomic E-state index is 13.6. The van der Waals surface area contributed by atoms with Crippen LogP contribution in [-0.2, 0) is 30.4 Å². The first kappa shape index (κ1) is 25.7. The Morgan fingerprint density at radius 2 is 1.68 bits per heavy atom. The van der Waals surface area contributed by atoms with Crippen molar-refractivity contribution in [3.8, 4) is 5.75 Å². The van der Waals surface area contributed by atoms with Gasteiger partial charge in [-0.1, -0.05) is 48.5 Å². The summed E-state index contributed by atoms with van der Waals surface area (Å²) in [7, 11) is 0. The van der Waals surface area contributed by atoms with Gasteiger partial charge in [0.25, 0.3) is 11.6 Å². The van der Waals surface area contributed by atoms with Crippen LogP contribution in [0.2, 0.25) is 0 Å². The number of hydrogen-bond donors (Lipinski definition) is 1. The zero-order valence-electron chi connectivity index (χ0n) is 21.0. The Bertz CT molecular complexity index is 1330. The predicted molar refractivity (Wildman–Crippen MR) is 130 cm³/mol. The van der Waals surface area contributed by atoms with E-state index in [9.17, 15) is 24.7 Å². The van der Waals surface area contributed by atoms with Crippen molar-refractivity contribution in [2.24, 2.45) is 5.92 Å². The number of imidazole rings is 1. The summed E-state index contributed by atoms with van der Waals surface area (Å²) >= 11 is 0. The van der Waals surface area contributed by atoms with Crippen molar-refractivity contribution < 1.29 is 38.4 Å². The number of benzene rings is 2. The SMILES string of the molecule is Cc1c(C)[n+]([O-])c([C@@H](c2ccccc2OCC(=O)O)C2C(=O)OC(C)(C)OC2=O)n1Cc1ccccc1. The van der Waals surface area contributed by atoms with E-state index in [2.05, 4.69) is 0 Å². The molecule has 0 aliphatic carbocycles. The highest BCUT2D eigenvalue weighted by atomic mass is 16.7. The number of nitrogens with zero attached hydrogens (tertiary/aromatic N) is 2. The van der Waals surface area contributed by atoms with E-state index >= 15 is 0 Å². The number of aromatic nitrogens is 2. The van der Waals surface area contributed by atoms with Crippen molar-refractivity contribution in [3.63, 3.8) is 0 Å². The Morgan fingerprint density at radius 3 is 2.30 bits per heavy atom. The van der Waals surface area contributed by atoms with Crippen molar-refractivity contribution in [1.82, 2.24) is 4.57 Å². The predicted octanol–water partition coefficient (Wildman–Crippen LogP) is 2.83. The van der Waals surface area contributed by atoms with Crippen LogP contribution in [0, 0.1) is 25.0 Å². The van der Waals surface area contributed by atoms with Crippen LogP contribution in [0.3, 0.4) is 0 Å². The van der Waals surface area contributed by atoms with Gasteiger partial charge < -0.3 is 24.5 Å². The molecule has 1 aliphatic heterocycles. The summed E-state index contributed by atoms with van der Waals surface area (Å²) < 4.78 is 18.8. The van der Waals surface area contributed by atoms with Crippen molar-refractivity contribution in [1.29, 1.82) is 0 Å². The van der Waals surface area contributed by atoms with Gasteiger partial charge in [-0.05, 0) is 11.6 Å². The fraction of sp³-hybridized carbons (Fsp3) is 0.333. The first-order valence-electron chi connectivity index (χ1n) is 11.7. The average molecular weight is 509 g/mol. The number of rotatable bonds is 8. The van der Waals surface area contributed by atoms with Gasteiger partial charge in [0.15, 0.2) is 12.5 Å². The molecule has 1 fully saturated rings. The molecular formula is C27H28N2O8. The molecule has 37 heavy (non-hydrogen) atoms. The van der Waals surface area contributed by atoms with Crippen molar-refractivity contribution in [2.75, 3.05) is 6.61 Å². The first-order valence-corrected chi connectivity index (χ1v) is 11.7. The first-order chi connectivity index (χ1) is 17.5. The normalized spacial score (nSPS) is 16.1. The van der Waals surface area contributed by atoms with E-state index in [-0.39, 0.29) is 23.7 Å². The number of cyclic esters (lactones) is 2. The Morgan fingerprint density at radius 1 is 1.08 bits per heavy atom. The molecule has 2 heterocycles. The van der Waals surface area contributed by atoms with Crippen LogP contribution in [0.1, 0.15) is 48.1 Å². The summed E-state index contributed by atoms with van der Waals surface area (Å²) in [5.74, 6) is -6.92. The third kappa shape index (κ3) is 5.13. The lowest BCUT2D eigenvalue weighted by molar-refractivity contribution is -0.621. The lowest BCUT2D eigenvalue weighted by Crippen LogP contribution is -2.50. The van der Waals surface area contributed by atoms with Crippen LogP contribution in [0.5, 0.6) is 5.75 Å². The number of para-hydroxylation sites is 1. The molecule has 0 bridgehead atoms. The van der Waals surface area contributed by atoms with Gasteiger partial charge in [0.2, 0.25) is 0 Å². The number of carbonyl (C=O) groups excluding carboxylic acids is 2. The number of esters is 2. The van der Waals surface area contributed by atoms with Crippen LogP contribution >= 0.6 is 0 Å². The maximum atomic E-state index is 13.6. The number of ether oxygens (including phenoxy) is 3. The summed E-state index contributed by atoms with van der Waals surface area (Å²) in [6.07, 6.45) is 0. The van der Waals surface area contributed by atoms with E-state index in [0.717, 1.165) is 5.56 Å². The van der Waals surface area contributed by atoms with Crippen LogP contribution in [0.15, 0.2) is 54.6 Å². The molecular weight excluding hydrogens is 480 g/mol. The van der Waals surface area contributed by atoms with Gasteiger partial charge in [-0.15, -0.1) is 0 Å². The quantitative estimate of drug-likeness (QED) is 0.213. The smallest absolute Gasteiger partial charge is 0.341 e. The molecule has 0 amide bonds. The molecule has 0 saturated carbocycles. The monoisotopic (exact) mass is 508 g/mol. The van der Waals surface area contributed by atoms with Gasteiger partial charge in [0, 0.05) is 33.3 Å². The van der Waals surface area contributed by atoms with Gasteiger partial charge in [0.1, 0.15) is 29.6 Å². The molecule has 10 heteroatoms. The van der Waals surface area contributed by atoms with Crippen molar-refractivity contribution >= 4 is 17.9 Å². The summed E-state index contributed by atoms with van der Waals surface area (Å²) in [5, 5.41) is 22.8. The molecule has 1 aromatic heterocycles. The minimum atomic E-state index is -1.54. The summed E-state index contributed by atoms with van der Waals surface area (Å²) in [6, 6.07) is 15.8. The van der Waals surface area contributed by atoms with E-state index in [1.165, 1.54) is 19.9 Å². The third-order valence-corrected chi connectivity index (χ3v) is 6.32. The molecule has 0 radical (unpaired) electrons. The highest BCUT2D eigenvalue weighted by molar-refractivity contribution is 5.98. The number of carboxylic acid groups (broad SMARTS) is 1. The molecule has 4 rings (SSSR count). The Hall–Kier alpha value is -4.34.